The van der Waals surface area contributed by atoms with Crippen molar-refractivity contribution >= 4 is 11.0 Å². The van der Waals surface area contributed by atoms with Crippen LogP contribution in [0.5, 0.6) is 0 Å². The summed E-state index contributed by atoms with van der Waals surface area (Å²) >= 11 is 0. The molecule has 2 heteroatoms. The fourth-order valence-corrected chi connectivity index (χ4v) is 1.81. The molecule has 0 unspecified atom stereocenters. The van der Waals surface area contributed by atoms with Gasteiger partial charge in [-0.25, -0.2) is 0 Å². The molecule has 14 heavy (non-hydrogen) atoms. The van der Waals surface area contributed by atoms with Crippen molar-refractivity contribution in [3.8, 4) is 0 Å². The molecule has 0 saturated heterocycles. The lowest BCUT2D eigenvalue weighted by atomic mass is 10.1. The van der Waals surface area contributed by atoms with Crippen LogP contribution in [0.1, 0.15) is 18.2 Å². The van der Waals surface area contributed by atoms with Crippen LogP contribution in [0, 0.1) is 0 Å². The van der Waals surface area contributed by atoms with Gasteiger partial charge in [-0.05, 0) is 13.1 Å². The number of furan rings is 1. The Labute approximate surface area is 83.9 Å². The van der Waals surface area contributed by atoms with Crippen LogP contribution in [0.2, 0.25) is 0 Å². The lowest BCUT2D eigenvalue weighted by Gasteiger charge is -1.98. The van der Waals surface area contributed by atoms with E-state index in [4.69, 9.17) is 4.42 Å². The van der Waals surface area contributed by atoms with Gasteiger partial charge in [0, 0.05) is 23.9 Å². The van der Waals surface area contributed by atoms with E-state index < -0.39 is 0 Å². The Bertz CT molecular complexity index is 431. The van der Waals surface area contributed by atoms with Gasteiger partial charge in [0.05, 0.1) is 0 Å². The molecule has 2 aromatic rings. The Morgan fingerprint density at radius 3 is 2.79 bits per heavy atom. The molecule has 1 aromatic carbocycles. The van der Waals surface area contributed by atoms with Gasteiger partial charge in [0.25, 0.3) is 0 Å². The molecule has 0 atom stereocenters. The molecule has 1 heterocycles. The molecule has 0 saturated carbocycles. The minimum absolute atomic E-state index is 0.875. The number of benzene rings is 1. The Balaban J connectivity index is 2.61. The summed E-state index contributed by atoms with van der Waals surface area (Å²) in [5.74, 6) is 1.10. The molecule has 74 valence electrons. The summed E-state index contributed by atoms with van der Waals surface area (Å²) in [6.07, 6.45) is 0.950. The molecular weight excluding hydrogens is 174 g/mol. The van der Waals surface area contributed by atoms with Crippen LogP contribution in [0.4, 0.5) is 0 Å². The third kappa shape index (κ3) is 1.42. The maximum absolute atomic E-state index is 5.76. The van der Waals surface area contributed by atoms with Crippen molar-refractivity contribution in [2.75, 3.05) is 7.05 Å². The Morgan fingerprint density at radius 1 is 1.29 bits per heavy atom. The highest BCUT2D eigenvalue weighted by atomic mass is 16.3. The van der Waals surface area contributed by atoms with Crippen molar-refractivity contribution < 1.29 is 4.42 Å². The first-order valence-corrected chi connectivity index (χ1v) is 5.00. The summed E-state index contributed by atoms with van der Waals surface area (Å²) in [7, 11) is 1.96. The van der Waals surface area contributed by atoms with Crippen molar-refractivity contribution in [2.24, 2.45) is 0 Å². The first-order valence-electron chi connectivity index (χ1n) is 5.00. The maximum Gasteiger partial charge on any atom is 0.134 e. The van der Waals surface area contributed by atoms with E-state index in [0.29, 0.717) is 0 Å². The third-order valence-electron chi connectivity index (χ3n) is 2.46. The first kappa shape index (κ1) is 9.28. The van der Waals surface area contributed by atoms with E-state index in [1.165, 1.54) is 10.9 Å². The standard InChI is InChI=1S/C12H15NO/c1-3-11-10(8-13-2)9-6-4-5-7-12(9)14-11/h4-7,13H,3,8H2,1-2H3. The quantitative estimate of drug-likeness (QED) is 0.803. The maximum atomic E-state index is 5.76. The van der Waals surface area contributed by atoms with E-state index in [2.05, 4.69) is 24.4 Å². The zero-order chi connectivity index (χ0) is 9.97. The van der Waals surface area contributed by atoms with Gasteiger partial charge >= 0.3 is 0 Å². The van der Waals surface area contributed by atoms with Crippen LogP contribution < -0.4 is 5.32 Å². The lowest BCUT2D eigenvalue weighted by molar-refractivity contribution is 0.547. The van der Waals surface area contributed by atoms with Crippen molar-refractivity contribution in [3.63, 3.8) is 0 Å². The van der Waals surface area contributed by atoms with Gasteiger partial charge in [0.2, 0.25) is 0 Å². The van der Waals surface area contributed by atoms with Gasteiger partial charge in [-0.2, -0.15) is 0 Å². The van der Waals surface area contributed by atoms with Gasteiger partial charge in [-0.15, -0.1) is 0 Å². The molecule has 0 amide bonds. The fourth-order valence-electron chi connectivity index (χ4n) is 1.81. The van der Waals surface area contributed by atoms with Crippen LogP contribution in [-0.2, 0) is 13.0 Å². The summed E-state index contributed by atoms with van der Waals surface area (Å²) in [5.41, 5.74) is 2.29. The predicted molar refractivity (Wildman–Crippen MR) is 58.4 cm³/mol. The summed E-state index contributed by atoms with van der Waals surface area (Å²) < 4.78 is 5.76. The van der Waals surface area contributed by atoms with E-state index in [-0.39, 0.29) is 0 Å². The zero-order valence-electron chi connectivity index (χ0n) is 8.63. The average molecular weight is 189 g/mol. The minimum Gasteiger partial charge on any atom is -0.461 e. The number of nitrogens with one attached hydrogen (secondary N) is 1. The molecule has 1 aromatic heterocycles. The fraction of sp³-hybridized carbons (Fsp3) is 0.333. The largest absolute Gasteiger partial charge is 0.461 e. The van der Waals surface area contributed by atoms with Crippen molar-refractivity contribution in [1.29, 1.82) is 0 Å². The highest BCUT2D eigenvalue weighted by molar-refractivity contribution is 5.82. The van der Waals surface area contributed by atoms with Gasteiger partial charge in [0.15, 0.2) is 0 Å². The smallest absolute Gasteiger partial charge is 0.134 e. The minimum atomic E-state index is 0.875. The number of rotatable bonds is 3. The highest BCUT2D eigenvalue weighted by Gasteiger charge is 2.10. The molecular formula is C12H15NO. The molecule has 0 aliphatic rings. The molecule has 2 rings (SSSR count). The van der Waals surface area contributed by atoms with Gasteiger partial charge in [-0.3, -0.25) is 0 Å². The van der Waals surface area contributed by atoms with Crippen LogP contribution in [0.3, 0.4) is 0 Å². The normalized spacial score (nSPS) is 11.0. The number of hydrogen-bond donors (Lipinski definition) is 1. The van der Waals surface area contributed by atoms with Gasteiger partial charge in [0.1, 0.15) is 11.3 Å². The molecule has 0 bridgehead atoms. The van der Waals surface area contributed by atoms with Gasteiger partial charge < -0.3 is 9.73 Å². The Kier molecular flexibility index (Phi) is 2.55. The number of aryl methyl sites for hydroxylation is 1. The zero-order valence-corrected chi connectivity index (χ0v) is 8.63. The second kappa shape index (κ2) is 3.84. The van der Waals surface area contributed by atoms with E-state index in [0.717, 1.165) is 24.3 Å². The molecule has 0 spiro atoms. The first-order chi connectivity index (χ1) is 6.86. The summed E-state index contributed by atoms with van der Waals surface area (Å²) in [5, 5.41) is 4.41. The topological polar surface area (TPSA) is 25.2 Å². The predicted octanol–water partition coefficient (Wildman–Crippen LogP) is 2.71. The second-order valence-electron chi connectivity index (χ2n) is 3.38. The summed E-state index contributed by atoms with van der Waals surface area (Å²) in [6, 6.07) is 8.20. The average Bonchev–Trinajstić information content (AvgIpc) is 2.58. The highest BCUT2D eigenvalue weighted by Crippen LogP contribution is 2.25. The van der Waals surface area contributed by atoms with Crippen LogP contribution in [-0.4, -0.2) is 7.05 Å². The van der Waals surface area contributed by atoms with Crippen molar-refractivity contribution in [3.05, 3.63) is 35.6 Å². The Hall–Kier alpha value is -1.28. The number of para-hydroxylation sites is 1. The van der Waals surface area contributed by atoms with E-state index in [1.54, 1.807) is 0 Å². The molecule has 1 N–H and O–H groups in total. The van der Waals surface area contributed by atoms with Gasteiger partial charge in [-0.1, -0.05) is 25.1 Å². The summed E-state index contributed by atoms with van der Waals surface area (Å²) in [4.78, 5) is 0. The number of hydrogen-bond acceptors (Lipinski definition) is 2. The SMILES string of the molecule is CCc1oc2ccccc2c1CNC. The molecule has 2 nitrogen and oxygen atoms in total. The van der Waals surface area contributed by atoms with E-state index in [9.17, 15) is 0 Å². The van der Waals surface area contributed by atoms with Crippen molar-refractivity contribution in [2.45, 2.75) is 19.9 Å². The van der Waals surface area contributed by atoms with Crippen LogP contribution in [0.25, 0.3) is 11.0 Å². The monoisotopic (exact) mass is 189 g/mol. The number of fused-ring (bicyclic) bond motifs is 1. The lowest BCUT2D eigenvalue weighted by Crippen LogP contribution is -2.06. The summed E-state index contributed by atoms with van der Waals surface area (Å²) in [6.45, 7) is 3.00. The second-order valence-corrected chi connectivity index (χ2v) is 3.38. The molecule has 0 aliphatic carbocycles. The molecule has 0 fully saturated rings. The Morgan fingerprint density at radius 2 is 2.07 bits per heavy atom. The van der Waals surface area contributed by atoms with Crippen LogP contribution >= 0.6 is 0 Å². The van der Waals surface area contributed by atoms with E-state index in [1.807, 2.05) is 19.2 Å². The van der Waals surface area contributed by atoms with E-state index >= 15 is 0 Å². The third-order valence-corrected chi connectivity index (χ3v) is 2.46. The molecule has 0 radical (unpaired) electrons. The van der Waals surface area contributed by atoms with Crippen LogP contribution in [0.15, 0.2) is 28.7 Å². The van der Waals surface area contributed by atoms with Crippen molar-refractivity contribution in [1.82, 2.24) is 5.32 Å². The molecule has 0 aliphatic heterocycles.